The third-order valence-corrected chi connectivity index (χ3v) is 4.72. The van der Waals surface area contributed by atoms with E-state index in [0.717, 1.165) is 24.9 Å². The van der Waals surface area contributed by atoms with Gasteiger partial charge in [0.15, 0.2) is 6.61 Å². The molecule has 0 aliphatic carbocycles. The van der Waals surface area contributed by atoms with Gasteiger partial charge >= 0.3 is 0 Å². The zero-order valence-corrected chi connectivity index (χ0v) is 15.6. The van der Waals surface area contributed by atoms with E-state index in [0.29, 0.717) is 23.0 Å². The highest BCUT2D eigenvalue weighted by Crippen LogP contribution is 2.21. The summed E-state index contributed by atoms with van der Waals surface area (Å²) in [7, 11) is 0. The van der Waals surface area contributed by atoms with E-state index in [1.165, 1.54) is 0 Å². The number of rotatable bonds is 7. The summed E-state index contributed by atoms with van der Waals surface area (Å²) in [5, 5.41) is 3.43. The summed E-state index contributed by atoms with van der Waals surface area (Å²) in [5.74, 6) is 0.0458. The van der Waals surface area contributed by atoms with Gasteiger partial charge in [-0.2, -0.15) is 0 Å². The van der Waals surface area contributed by atoms with Crippen LogP contribution in [0.3, 0.4) is 0 Å². The number of ether oxygens (including phenoxy) is 1. The number of nitrogens with one attached hydrogen (secondary N) is 1. The lowest BCUT2D eigenvalue weighted by molar-refractivity contribution is -0.122. The number of amides is 2. The molecule has 27 heavy (non-hydrogen) atoms. The van der Waals surface area contributed by atoms with Crippen LogP contribution < -0.4 is 15.8 Å². The summed E-state index contributed by atoms with van der Waals surface area (Å²) in [6.45, 7) is 1.37. The molecule has 1 fully saturated rings. The molecule has 0 spiro atoms. The number of nitrogens with two attached hydrogens (primary N) is 1. The zero-order valence-electron chi connectivity index (χ0n) is 14.9. The van der Waals surface area contributed by atoms with Crippen molar-refractivity contribution in [1.82, 2.24) is 4.90 Å². The quantitative estimate of drug-likeness (QED) is 0.765. The number of carbonyl (C=O) groups is 2. The van der Waals surface area contributed by atoms with Crippen LogP contribution in [-0.4, -0.2) is 35.9 Å². The first kappa shape index (κ1) is 19.2. The number of primary amides is 1. The Morgan fingerprint density at radius 1 is 1.22 bits per heavy atom. The molecule has 3 rings (SSSR count). The molecular formula is C20H22ClN3O3. The smallest absolute Gasteiger partial charge is 0.262 e. The van der Waals surface area contributed by atoms with Crippen molar-refractivity contribution in [2.75, 3.05) is 18.5 Å². The van der Waals surface area contributed by atoms with Gasteiger partial charge in [-0.05, 0) is 61.3 Å². The Balaban J connectivity index is 1.54. The predicted molar refractivity (Wildman–Crippen MR) is 105 cm³/mol. The maximum atomic E-state index is 12.1. The van der Waals surface area contributed by atoms with Crippen LogP contribution >= 0.6 is 11.6 Å². The minimum Gasteiger partial charge on any atom is -0.484 e. The van der Waals surface area contributed by atoms with Gasteiger partial charge < -0.3 is 15.8 Å². The topological polar surface area (TPSA) is 84.7 Å². The van der Waals surface area contributed by atoms with Crippen molar-refractivity contribution in [2.45, 2.75) is 25.4 Å². The third kappa shape index (κ3) is 5.45. The summed E-state index contributed by atoms with van der Waals surface area (Å²) in [6.07, 6.45) is 1.76. The first-order valence-electron chi connectivity index (χ1n) is 8.82. The van der Waals surface area contributed by atoms with Crippen LogP contribution in [0.25, 0.3) is 0 Å². The van der Waals surface area contributed by atoms with Gasteiger partial charge in [0.05, 0.1) is 6.04 Å². The van der Waals surface area contributed by atoms with E-state index in [-0.39, 0.29) is 24.5 Å². The highest BCUT2D eigenvalue weighted by atomic mass is 35.5. The van der Waals surface area contributed by atoms with Gasteiger partial charge in [0.25, 0.3) is 5.91 Å². The second kappa shape index (κ2) is 8.88. The van der Waals surface area contributed by atoms with Gasteiger partial charge in [-0.1, -0.05) is 23.7 Å². The van der Waals surface area contributed by atoms with E-state index in [2.05, 4.69) is 10.2 Å². The zero-order chi connectivity index (χ0) is 19.2. The fourth-order valence-electron chi connectivity index (χ4n) is 3.20. The number of carbonyl (C=O) groups excluding carboxylic acids is 2. The minimum atomic E-state index is -0.281. The van der Waals surface area contributed by atoms with Crippen molar-refractivity contribution in [3.05, 3.63) is 59.1 Å². The Bertz CT molecular complexity index is 810. The number of hydrogen-bond donors (Lipinski definition) is 2. The molecule has 0 bridgehead atoms. The van der Waals surface area contributed by atoms with Crippen LogP contribution in [0.4, 0.5) is 5.69 Å². The van der Waals surface area contributed by atoms with E-state index in [1.54, 1.807) is 24.3 Å². The van der Waals surface area contributed by atoms with Crippen molar-refractivity contribution < 1.29 is 14.3 Å². The monoisotopic (exact) mass is 387 g/mol. The number of hydrogen-bond acceptors (Lipinski definition) is 4. The maximum absolute atomic E-state index is 12.1. The second-order valence-corrected chi connectivity index (χ2v) is 6.96. The van der Waals surface area contributed by atoms with Gasteiger partial charge in [-0.25, -0.2) is 0 Å². The fraction of sp³-hybridized carbons (Fsp3) is 0.300. The molecule has 2 amide bonds. The molecule has 0 saturated carbocycles. The van der Waals surface area contributed by atoms with E-state index in [4.69, 9.17) is 22.1 Å². The largest absolute Gasteiger partial charge is 0.484 e. The molecular weight excluding hydrogens is 366 g/mol. The highest BCUT2D eigenvalue weighted by molar-refractivity contribution is 6.30. The Kier molecular flexibility index (Phi) is 6.32. The van der Waals surface area contributed by atoms with E-state index < -0.39 is 0 Å². The van der Waals surface area contributed by atoms with Crippen molar-refractivity contribution >= 4 is 29.1 Å². The molecule has 142 valence electrons. The average molecular weight is 388 g/mol. The summed E-state index contributed by atoms with van der Waals surface area (Å²) < 4.78 is 5.44. The van der Waals surface area contributed by atoms with Crippen molar-refractivity contribution in [2.24, 2.45) is 5.73 Å². The van der Waals surface area contributed by atoms with Crippen LogP contribution in [0.2, 0.25) is 5.02 Å². The molecule has 3 N–H and O–H groups in total. The lowest BCUT2D eigenvalue weighted by atomic mass is 10.1. The Morgan fingerprint density at radius 3 is 2.74 bits per heavy atom. The maximum Gasteiger partial charge on any atom is 0.262 e. The van der Waals surface area contributed by atoms with Crippen molar-refractivity contribution in [1.29, 1.82) is 0 Å². The molecule has 6 nitrogen and oxygen atoms in total. The standard InChI is InChI=1S/C20H22ClN3O3/c21-15-6-8-17(9-7-15)27-13-19(25)23-16-4-1-3-14(11-16)12-24-10-2-5-18(24)20(22)26/h1,3-4,6-9,11,18H,2,5,10,12-13H2,(H2,22,26)(H,23,25). The molecule has 0 aromatic heterocycles. The van der Waals surface area contributed by atoms with Crippen LogP contribution in [0.5, 0.6) is 5.75 Å². The SMILES string of the molecule is NC(=O)C1CCCN1Cc1cccc(NC(=O)COc2ccc(Cl)cc2)c1. The molecule has 0 radical (unpaired) electrons. The van der Waals surface area contributed by atoms with E-state index >= 15 is 0 Å². The van der Waals surface area contributed by atoms with Crippen LogP contribution in [0.1, 0.15) is 18.4 Å². The molecule has 1 heterocycles. The van der Waals surface area contributed by atoms with Gasteiger partial charge in [0.1, 0.15) is 5.75 Å². The van der Waals surface area contributed by atoms with Gasteiger partial charge in [-0.3, -0.25) is 14.5 Å². The van der Waals surface area contributed by atoms with Crippen LogP contribution in [0.15, 0.2) is 48.5 Å². The van der Waals surface area contributed by atoms with Gasteiger partial charge in [-0.15, -0.1) is 0 Å². The van der Waals surface area contributed by atoms with Gasteiger partial charge in [0.2, 0.25) is 5.91 Å². The van der Waals surface area contributed by atoms with Crippen LogP contribution in [0, 0.1) is 0 Å². The lowest BCUT2D eigenvalue weighted by Crippen LogP contribution is -2.39. The number of benzene rings is 2. The fourth-order valence-corrected chi connectivity index (χ4v) is 3.32. The summed E-state index contributed by atoms with van der Waals surface area (Å²) in [5.41, 5.74) is 7.17. The molecule has 1 aliphatic heterocycles. The highest BCUT2D eigenvalue weighted by Gasteiger charge is 2.28. The summed E-state index contributed by atoms with van der Waals surface area (Å²) in [4.78, 5) is 25.7. The first-order valence-corrected chi connectivity index (χ1v) is 9.19. The normalized spacial score (nSPS) is 16.9. The number of anilines is 1. The third-order valence-electron chi connectivity index (χ3n) is 4.47. The first-order chi connectivity index (χ1) is 13.0. The second-order valence-electron chi connectivity index (χ2n) is 6.52. The molecule has 1 saturated heterocycles. The molecule has 2 aromatic carbocycles. The number of nitrogens with zero attached hydrogens (tertiary/aromatic N) is 1. The molecule has 1 unspecified atom stereocenters. The average Bonchev–Trinajstić information content (AvgIpc) is 3.10. The number of likely N-dealkylation sites (tertiary alicyclic amines) is 1. The van der Waals surface area contributed by atoms with E-state index in [9.17, 15) is 9.59 Å². The van der Waals surface area contributed by atoms with Crippen LogP contribution in [-0.2, 0) is 16.1 Å². The summed E-state index contributed by atoms with van der Waals surface area (Å²) in [6, 6.07) is 14.2. The van der Waals surface area contributed by atoms with E-state index in [1.807, 2.05) is 24.3 Å². The molecule has 7 heteroatoms. The number of halogens is 1. The van der Waals surface area contributed by atoms with Crippen molar-refractivity contribution in [3.63, 3.8) is 0 Å². The lowest BCUT2D eigenvalue weighted by Gasteiger charge is -2.22. The minimum absolute atomic E-state index is 0.0955. The Morgan fingerprint density at radius 2 is 2.00 bits per heavy atom. The Hall–Kier alpha value is -2.57. The summed E-state index contributed by atoms with van der Waals surface area (Å²) >= 11 is 5.82. The molecule has 1 aliphatic rings. The van der Waals surface area contributed by atoms with Gasteiger partial charge in [0, 0.05) is 17.3 Å². The van der Waals surface area contributed by atoms with Crippen molar-refractivity contribution in [3.8, 4) is 5.75 Å². The Labute approximate surface area is 163 Å². The molecule has 2 aromatic rings. The molecule has 1 atom stereocenters. The predicted octanol–water partition coefficient (Wildman–Crippen LogP) is 2.81.